The number of pyridine rings is 1. The number of benzene rings is 2. The van der Waals surface area contributed by atoms with Crippen molar-refractivity contribution in [2.45, 2.75) is 25.3 Å². The Morgan fingerprint density at radius 3 is 2.27 bits per heavy atom. The maximum Gasteiger partial charge on any atom is 0.263 e. The van der Waals surface area contributed by atoms with E-state index in [0.717, 1.165) is 22.4 Å². The van der Waals surface area contributed by atoms with E-state index in [1.165, 1.54) is 0 Å². The molecule has 3 aromatic rings. The molecule has 0 saturated carbocycles. The van der Waals surface area contributed by atoms with Gasteiger partial charge in [0.05, 0.1) is 11.5 Å². The van der Waals surface area contributed by atoms with Gasteiger partial charge in [-0.2, -0.15) is 0 Å². The molecule has 1 aromatic heterocycles. The zero-order chi connectivity index (χ0) is 18.7. The van der Waals surface area contributed by atoms with Crippen molar-refractivity contribution in [3.05, 3.63) is 77.5 Å². The normalized spacial score (nSPS) is 11.3. The van der Waals surface area contributed by atoms with Gasteiger partial charge in [0.1, 0.15) is 5.82 Å². The molecule has 0 aliphatic heterocycles. The van der Waals surface area contributed by atoms with Gasteiger partial charge in [-0.15, -0.1) is 0 Å². The summed E-state index contributed by atoms with van der Waals surface area (Å²) in [6.45, 7) is 3.57. The van der Waals surface area contributed by atoms with Crippen molar-refractivity contribution in [1.29, 1.82) is 0 Å². The predicted molar refractivity (Wildman–Crippen MR) is 102 cm³/mol. The van der Waals surface area contributed by atoms with Crippen molar-refractivity contribution in [3.8, 4) is 11.1 Å². The van der Waals surface area contributed by atoms with Crippen molar-refractivity contribution < 1.29 is 13.5 Å². The zero-order valence-electron chi connectivity index (χ0n) is 14.6. The first-order valence-electron chi connectivity index (χ1n) is 8.16. The smallest absolute Gasteiger partial charge is 0.263 e. The summed E-state index contributed by atoms with van der Waals surface area (Å²) in [5.41, 5.74) is 4.10. The maximum atomic E-state index is 12.7. The number of hydrogen-bond donors (Lipinski definition) is 2. The molecule has 0 spiro atoms. The number of nitrogens with one attached hydrogen (secondary N) is 1. The largest absolute Gasteiger partial charge is 0.392 e. The molecule has 2 aromatic carbocycles. The van der Waals surface area contributed by atoms with Crippen LogP contribution in [0.4, 0.5) is 5.82 Å². The van der Waals surface area contributed by atoms with E-state index >= 15 is 0 Å². The lowest BCUT2D eigenvalue weighted by atomic mass is 10.0. The molecule has 0 unspecified atom stereocenters. The zero-order valence-corrected chi connectivity index (χ0v) is 15.4. The summed E-state index contributed by atoms with van der Waals surface area (Å²) in [5, 5.41) is 9.13. The summed E-state index contributed by atoms with van der Waals surface area (Å²) >= 11 is 0. The van der Waals surface area contributed by atoms with Crippen LogP contribution in [0, 0.1) is 13.8 Å². The number of aryl methyl sites for hydroxylation is 2. The first-order valence-corrected chi connectivity index (χ1v) is 9.65. The van der Waals surface area contributed by atoms with Crippen molar-refractivity contribution in [2.75, 3.05) is 4.72 Å². The van der Waals surface area contributed by atoms with E-state index in [0.29, 0.717) is 11.4 Å². The molecule has 0 bridgehead atoms. The second-order valence-electron chi connectivity index (χ2n) is 6.11. The van der Waals surface area contributed by atoms with Gasteiger partial charge in [-0.1, -0.05) is 42.5 Å². The molecule has 3 rings (SSSR count). The number of rotatable bonds is 5. The highest BCUT2D eigenvalue weighted by atomic mass is 32.2. The van der Waals surface area contributed by atoms with Gasteiger partial charge in [0.25, 0.3) is 10.0 Å². The number of hydrogen-bond acceptors (Lipinski definition) is 4. The summed E-state index contributed by atoms with van der Waals surface area (Å²) in [4.78, 5) is 4.40. The van der Waals surface area contributed by atoms with Crippen molar-refractivity contribution in [3.63, 3.8) is 0 Å². The minimum Gasteiger partial charge on any atom is -0.392 e. The van der Waals surface area contributed by atoms with E-state index in [1.54, 1.807) is 44.2 Å². The highest BCUT2D eigenvalue weighted by molar-refractivity contribution is 7.92. The van der Waals surface area contributed by atoms with Crippen LogP contribution in [0.1, 0.15) is 16.8 Å². The Balaban J connectivity index is 1.90. The summed E-state index contributed by atoms with van der Waals surface area (Å²) in [7, 11) is -3.72. The first kappa shape index (κ1) is 18.1. The standard InChI is InChI=1S/C20H20N2O3S/c1-14-12-18(17-8-6-16(13-23)7-9-17)10-11-19(14)26(24,25)22-20-5-3-4-15(2)21-20/h3-12,23H,13H2,1-2H3,(H,21,22). The Kier molecular flexibility index (Phi) is 5.06. The van der Waals surface area contributed by atoms with E-state index < -0.39 is 10.0 Å². The van der Waals surface area contributed by atoms with Crippen LogP contribution in [0.5, 0.6) is 0 Å². The topological polar surface area (TPSA) is 79.3 Å². The summed E-state index contributed by atoms with van der Waals surface area (Å²) < 4.78 is 27.9. The minimum atomic E-state index is -3.72. The monoisotopic (exact) mass is 368 g/mol. The fourth-order valence-electron chi connectivity index (χ4n) is 2.73. The Morgan fingerprint density at radius 2 is 1.65 bits per heavy atom. The van der Waals surface area contributed by atoms with Crippen molar-refractivity contribution in [1.82, 2.24) is 4.98 Å². The Bertz CT molecular complexity index is 1030. The molecular formula is C20H20N2O3S. The average Bonchev–Trinajstić information content (AvgIpc) is 2.61. The molecule has 0 aliphatic carbocycles. The van der Waals surface area contributed by atoms with Gasteiger partial charge >= 0.3 is 0 Å². The van der Waals surface area contributed by atoms with Crippen LogP contribution in [0.3, 0.4) is 0 Å². The molecule has 0 amide bonds. The van der Waals surface area contributed by atoms with E-state index in [9.17, 15) is 8.42 Å². The fraction of sp³-hybridized carbons (Fsp3) is 0.150. The van der Waals surface area contributed by atoms with E-state index in [2.05, 4.69) is 9.71 Å². The Labute approximate surface area is 153 Å². The van der Waals surface area contributed by atoms with Crippen LogP contribution in [-0.2, 0) is 16.6 Å². The lowest BCUT2D eigenvalue weighted by molar-refractivity contribution is 0.282. The van der Waals surface area contributed by atoms with Crippen molar-refractivity contribution in [2.24, 2.45) is 0 Å². The molecular weight excluding hydrogens is 348 g/mol. The number of sulfonamides is 1. The van der Waals surface area contributed by atoms with Crippen LogP contribution in [0.2, 0.25) is 0 Å². The SMILES string of the molecule is Cc1cccc(NS(=O)(=O)c2ccc(-c3ccc(CO)cc3)cc2C)n1. The van der Waals surface area contributed by atoms with Gasteiger partial charge in [0.2, 0.25) is 0 Å². The quantitative estimate of drug-likeness (QED) is 0.720. The molecule has 0 saturated heterocycles. The molecule has 5 nitrogen and oxygen atoms in total. The third-order valence-electron chi connectivity index (χ3n) is 4.06. The minimum absolute atomic E-state index is 0.00481. The van der Waals surface area contributed by atoms with E-state index in [-0.39, 0.29) is 11.5 Å². The molecule has 0 atom stereocenters. The predicted octanol–water partition coefficient (Wildman–Crippen LogP) is 3.66. The number of aliphatic hydroxyl groups excluding tert-OH is 1. The number of aliphatic hydroxyl groups is 1. The Hall–Kier alpha value is -2.70. The highest BCUT2D eigenvalue weighted by Crippen LogP contribution is 2.26. The second kappa shape index (κ2) is 7.27. The second-order valence-corrected chi connectivity index (χ2v) is 7.76. The molecule has 1 heterocycles. The van der Waals surface area contributed by atoms with E-state index in [4.69, 9.17) is 5.11 Å². The van der Waals surface area contributed by atoms with Gasteiger partial charge in [-0.3, -0.25) is 4.72 Å². The van der Waals surface area contributed by atoms with Gasteiger partial charge in [0, 0.05) is 5.69 Å². The molecule has 0 radical (unpaired) electrons. The van der Waals surface area contributed by atoms with Crippen LogP contribution in [-0.4, -0.2) is 18.5 Å². The molecule has 134 valence electrons. The third kappa shape index (κ3) is 3.92. The van der Waals surface area contributed by atoms with Crippen LogP contribution in [0.15, 0.2) is 65.6 Å². The summed E-state index contributed by atoms with van der Waals surface area (Å²) in [6, 6.07) is 17.9. The van der Waals surface area contributed by atoms with Gasteiger partial charge < -0.3 is 5.11 Å². The average molecular weight is 368 g/mol. The molecule has 2 N–H and O–H groups in total. The summed E-state index contributed by atoms with van der Waals surface area (Å²) in [5.74, 6) is 0.299. The number of anilines is 1. The molecule has 0 aliphatic rings. The maximum absolute atomic E-state index is 12.7. The lowest BCUT2D eigenvalue weighted by Crippen LogP contribution is -2.15. The third-order valence-corrected chi connectivity index (χ3v) is 5.58. The van der Waals surface area contributed by atoms with Gasteiger partial charge in [-0.05, 0) is 54.3 Å². The summed E-state index contributed by atoms with van der Waals surface area (Å²) in [6.07, 6.45) is 0. The van der Waals surface area contributed by atoms with E-state index in [1.807, 2.05) is 30.3 Å². The van der Waals surface area contributed by atoms with Crippen LogP contribution < -0.4 is 4.72 Å². The van der Waals surface area contributed by atoms with Crippen molar-refractivity contribution >= 4 is 15.8 Å². The van der Waals surface area contributed by atoms with Gasteiger partial charge in [0.15, 0.2) is 0 Å². The first-order chi connectivity index (χ1) is 12.4. The fourth-order valence-corrected chi connectivity index (χ4v) is 3.95. The van der Waals surface area contributed by atoms with Crippen LogP contribution in [0.25, 0.3) is 11.1 Å². The Morgan fingerprint density at radius 1 is 0.962 bits per heavy atom. The van der Waals surface area contributed by atoms with Crippen LogP contribution >= 0.6 is 0 Å². The molecule has 0 fully saturated rings. The molecule has 6 heteroatoms. The highest BCUT2D eigenvalue weighted by Gasteiger charge is 2.18. The van der Waals surface area contributed by atoms with Gasteiger partial charge in [-0.25, -0.2) is 13.4 Å². The lowest BCUT2D eigenvalue weighted by Gasteiger charge is -2.12. The number of nitrogens with zero attached hydrogens (tertiary/aromatic N) is 1. The number of aromatic nitrogens is 1. The molecule has 26 heavy (non-hydrogen) atoms.